The molecule has 0 aliphatic heterocycles. The zero-order valence-electron chi connectivity index (χ0n) is 17.2. The van der Waals surface area contributed by atoms with Gasteiger partial charge in [0.1, 0.15) is 11.6 Å². The molecule has 0 unspecified atom stereocenters. The Morgan fingerprint density at radius 1 is 1.03 bits per heavy atom. The van der Waals surface area contributed by atoms with Gasteiger partial charge >= 0.3 is 0 Å². The van der Waals surface area contributed by atoms with Crippen LogP contribution in [0, 0.1) is 25.2 Å². The number of aromatic nitrogens is 1. The number of carbonyl (C=O) groups excluding carboxylic acids is 1. The van der Waals surface area contributed by atoms with Gasteiger partial charge in [-0.15, -0.1) is 0 Å². The Hall–Kier alpha value is -3.81. The molecule has 4 nitrogen and oxygen atoms in total. The van der Waals surface area contributed by atoms with Crippen LogP contribution in [0.15, 0.2) is 78.4 Å². The summed E-state index contributed by atoms with van der Waals surface area (Å²) in [4.78, 5) is 12.7. The number of fused-ring (bicyclic) bond motifs is 1. The fraction of sp³-hybridized carbons (Fsp3) is 0.0769. The number of rotatable bonds is 4. The highest BCUT2D eigenvalue weighted by Crippen LogP contribution is 2.28. The van der Waals surface area contributed by atoms with Crippen molar-refractivity contribution in [2.45, 2.75) is 13.8 Å². The van der Waals surface area contributed by atoms with Crippen LogP contribution < -0.4 is 5.32 Å². The number of hydrogen-bond donors (Lipinski definition) is 1. The first-order valence-electron chi connectivity index (χ1n) is 9.83. The molecule has 0 spiro atoms. The van der Waals surface area contributed by atoms with Crippen molar-refractivity contribution >= 4 is 40.0 Å². The molecule has 0 aliphatic rings. The van der Waals surface area contributed by atoms with Gasteiger partial charge in [0, 0.05) is 27.5 Å². The number of benzene rings is 3. The van der Waals surface area contributed by atoms with E-state index in [1.54, 1.807) is 30.3 Å². The van der Waals surface area contributed by atoms with E-state index in [0.717, 1.165) is 33.4 Å². The molecule has 1 heterocycles. The van der Waals surface area contributed by atoms with E-state index in [4.69, 9.17) is 11.6 Å². The zero-order chi connectivity index (χ0) is 22.0. The van der Waals surface area contributed by atoms with Crippen molar-refractivity contribution in [3.8, 4) is 11.8 Å². The average Bonchev–Trinajstić information content (AvgIpc) is 3.04. The minimum absolute atomic E-state index is 0.0261. The first-order valence-corrected chi connectivity index (χ1v) is 10.2. The van der Waals surface area contributed by atoms with Gasteiger partial charge in [0.05, 0.1) is 5.69 Å². The topological polar surface area (TPSA) is 57.8 Å². The van der Waals surface area contributed by atoms with Gasteiger partial charge in [-0.25, -0.2) is 0 Å². The summed E-state index contributed by atoms with van der Waals surface area (Å²) in [5.74, 6) is -0.472. The second-order valence-corrected chi connectivity index (χ2v) is 7.73. The Balaban J connectivity index is 1.73. The summed E-state index contributed by atoms with van der Waals surface area (Å²) >= 11 is 5.98. The molecule has 4 aromatic rings. The summed E-state index contributed by atoms with van der Waals surface area (Å²) in [6.07, 6.45) is 1.63. The summed E-state index contributed by atoms with van der Waals surface area (Å²) in [5.41, 5.74) is 4.43. The first kappa shape index (κ1) is 20.5. The number of anilines is 1. The number of nitrogens with zero attached hydrogens (tertiary/aromatic N) is 2. The maximum Gasteiger partial charge on any atom is 0.266 e. The molecule has 1 N–H and O–H groups in total. The SMILES string of the molecule is Cc1cc(/C=C(\C#N)C(=O)Nc2cccc(Cl)c2)c(C)n1-c1cccc2ccccc12. The highest BCUT2D eigenvalue weighted by atomic mass is 35.5. The maximum absolute atomic E-state index is 12.7. The highest BCUT2D eigenvalue weighted by Gasteiger charge is 2.15. The van der Waals surface area contributed by atoms with Gasteiger partial charge in [-0.1, -0.05) is 54.1 Å². The fourth-order valence-corrected chi connectivity index (χ4v) is 3.97. The summed E-state index contributed by atoms with van der Waals surface area (Å²) in [6, 6.07) is 25.3. The molecule has 0 atom stereocenters. The molecule has 1 amide bonds. The number of hydrogen-bond acceptors (Lipinski definition) is 2. The van der Waals surface area contributed by atoms with E-state index in [-0.39, 0.29) is 5.57 Å². The average molecular weight is 426 g/mol. The molecule has 0 aliphatic carbocycles. The molecule has 4 rings (SSSR count). The zero-order valence-corrected chi connectivity index (χ0v) is 17.9. The second kappa shape index (κ2) is 8.51. The fourth-order valence-electron chi connectivity index (χ4n) is 3.78. The molecule has 0 saturated heterocycles. The van der Waals surface area contributed by atoms with Crippen molar-refractivity contribution in [2.24, 2.45) is 0 Å². The van der Waals surface area contributed by atoms with Crippen molar-refractivity contribution < 1.29 is 4.79 Å². The molecule has 5 heteroatoms. The van der Waals surface area contributed by atoms with E-state index >= 15 is 0 Å². The predicted molar refractivity (Wildman–Crippen MR) is 126 cm³/mol. The number of halogens is 1. The van der Waals surface area contributed by atoms with E-state index in [1.807, 2.05) is 44.2 Å². The summed E-state index contributed by atoms with van der Waals surface area (Å²) in [6.45, 7) is 4.01. The Morgan fingerprint density at radius 2 is 1.77 bits per heavy atom. The summed E-state index contributed by atoms with van der Waals surface area (Å²) in [7, 11) is 0. The maximum atomic E-state index is 12.7. The monoisotopic (exact) mass is 425 g/mol. The van der Waals surface area contributed by atoms with Gasteiger partial charge in [0.25, 0.3) is 5.91 Å². The number of nitrogens with one attached hydrogen (secondary N) is 1. The minimum Gasteiger partial charge on any atom is -0.321 e. The Bertz CT molecular complexity index is 1370. The molecule has 0 saturated carbocycles. The number of aryl methyl sites for hydroxylation is 1. The first-order chi connectivity index (χ1) is 15.0. The molecule has 1 aromatic heterocycles. The summed E-state index contributed by atoms with van der Waals surface area (Å²) in [5, 5.41) is 15.1. The van der Waals surface area contributed by atoms with Crippen molar-refractivity contribution in [3.63, 3.8) is 0 Å². The predicted octanol–water partition coefficient (Wildman–Crippen LogP) is 6.45. The van der Waals surface area contributed by atoms with Crippen molar-refractivity contribution in [3.05, 3.63) is 100 Å². The van der Waals surface area contributed by atoms with Crippen LogP contribution in [0.5, 0.6) is 0 Å². The lowest BCUT2D eigenvalue weighted by molar-refractivity contribution is -0.112. The summed E-state index contributed by atoms with van der Waals surface area (Å²) < 4.78 is 2.15. The molecular formula is C26H20ClN3O. The van der Waals surface area contributed by atoms with E-state index in [9.17, 15) is 10.1 Å². The largest absolute Gasteiger partial charge is 0.321 e. The van der Waals surface area contributed by atoms with Crippen molar-refractivity contribution in [2.75, 3.05) is 5.32 Å². The highest BCUT2D eigenvalue weighted by molar-refractivity contribution is 6.31. The van der Waals surface area contributed by atoms with Crippen LogP contribution in [0.3, 0.4) is 0 Å². The van der Waals surface area contributed by atoms with Crippen LogP contribution in [-0.4, -0.2) is 10.5 Å². The Kier molecular flexibility index (Phi) is 5.62. The van der Waals surface area contributed by atoms with Gasteiger partial charge < -0.3 is 9.88 Å². The second-order valence-electron chi connectivity index (χ2n) is 7.29. The van der Waals surface area contributed by atoms with Crippen LogP contribution >= 0.6 is 11.6 Å². The van der Waals surface area contributed by atoms with Gasteiger partial charge in [0.2, 0.25) is 0 Å². The number of amides is 1. The van der Waals surface area contributed by atoms with E-state index in [0.29, 0.717) is 10.7 Å². The minimum atomic E-state index is -0.472. The van der Waals surface area contributed by atoms with Crippen LogP contribution in [0.4, 0.5) is 5.69 Å². The van der Waals surface area contributed by atoms with Gasteiger partial charge in [-0.2, -0.15) is 5.26 Å². The third-order valence-electron chi connectivity index (χ3n) is 5.23. The van der Waals surface area contributed by atoms with Crippen molar-refractivity contribution in [1.29, 1.82) is 5.26 Å². The molecule has 0 bridgehead atoms. The molecule has 31 heavy (non-hydrogen) atoms. The van der Waals surface area contributed by atoms with E-state index in [1.165, 1.54) is 0 Å². The quantitative estimate of drug-likeness (QED) is 0.302. The van der Waals surface area contributed by atoms with Crippen LogP contribution in [-0.2, 0) is 4.79 Å². The molecule has 0 radical (unpaired) electrons. The Labute approximate surface area is 186 Å². The van der Waals surface area contributed by atoms with Crippen LogP contribution in [0.1, 0.15) is 17.0 Å². The molecule has 0 fully saturated rings. The molecular weight excluding hydrogens is 406 g/mol. The number of nitriles is 1. The Morgan fingerprint density at radius 3 is 2.55 bits per heavy atom. The van der Waals surface area contributed by atoms with Crippen LogP contribution in [0.25, 0.3) is 22.5 Å². The van der Waals surface area contributed by atoms with E-state index < -0.39 is 5.91 Å². The van der Waals surface area contributed by atoms with Gasteiger partial charge in [0.15, 0.2) is 0 Å². The van der Waals surface area contributed by atoms with E-state index in [2.05, 4.69) is 34.1 Å². The lowest BCUT2D eigenvalue weighted by Gasteiger charge is -2.13. The standard InChI is InChI=1S/C26H20ClN3O/c1-17-13-20(14-21(16-28)26(31)29-23-10-6-9-22(27)15-23)18(2)30(17)25-12-5-8-19-7-3-4-11-24(19)25/h3-15H,1-2H3,(H,29,31)/b21-14+. The molecule has 3 aromatic carbocycles. The van der Waals surface area contributed by atoms with Crippen LogP contribution in [0.2, 0.25) is 5.02 Å². The normalized spacial score (nSPS) is 11.4. The lowest BCUT2D eigenvalue weighted by atomic mass is 10.1. The third-order valence-corrected chi connectivity index (χ3v) is 5.46. The van der Waals surface area contributed by atoms with Crippen molar-refractivity contribution in [1.82, 2.24) is 4.57 Å². The smallest absolute Gasteiger partial charge is 0.266 e. The van der Waals surface area contributed by atoms with Gasteiger partial charge in [-0.05, 0) is 61.2 Å². The lowest BCUT2D eigenvalue weighted by Crippen LogP contribution is -2.13. The third kappa shape index (κ3) is 4.09. The number of carbonyl (C=O) groups is 1. The molecule has 152 valence electrons. The van der Waals surface area contributed by atoms with Gasteiger partial charge in [-0.3, -0.25) is 4.79 Å².